The third kappa shape index (κ3) is 4.73. The molecule has 2 rings (SSSR count). The second kappa shape index (κ2) is 7.17. The number of rotatable bonds is 6. The lowest BCUT2D eigenvalue weighted by Gasteiger charge is -2.08. The van der Waals surface area contributed by atoms with Crippen LogP contribution in [0.15, 0.2) is 59.5 Å². The van der Waals surface area contributed by atoms with Crippen LogP contribution in [0, 0.1) is 0 Å². The first-order chi connectivity index (χ1) is 10.9. The van der Waals surface area contributed by atoms with Gasteiger partial charge in [-0.2, -0.15) is 0 Å². The van der Waals surface area contributed by atoms with E-state index in [1.807, 2.05) is 6.07 Å². The molecule has 2 aromatic carbocycles. The summed E-state index contributed by atoms with van der Waals surface area (Å²) >= 11 is 0. The van der Waals surface area contributed by atoms with Gasteiger partial charge in [-0.3, -0.25) is 9.59 Å². The largest absolute Gasteiger partial charge is 0.325 e. The van der Waals surface area contributed by atoms with Crippen LogP contribution in [0.4, 0.5) is 5.69 Å². The lowest BCUT2D eigenvalue weighted by atomic mass is 10.2. The van der Waals surface area contributed by atoms with E-state index in [4.69, 9.17) is 0 Å². The minimum Gasteiger partial charge on any atom is -0.325 e. The summed E-state index contributed by atoms with van der Waals surface area (Å²) in [6.45, 7) is 1.02. The topological polar surface area (TPSA) is 92.3 Å². The maximum atomic E-state index is 12.1. The van der Waals surface area contributed by atoms with Gasteiger partial charge in [0.05, 0.1) is 11.4 Å². The van der Waals surface area contributed by atoms with E-state index in [0.29, 0.717) is 11.3 Å². The first kappa shape index (κ1) is 16.9. The van der Waals surface area contributed by atoms with Gasteiger partial charge in [0.25, 0.3) is 0 Å². The standard InChI is InChI=1S/C16H16N2O4S/c1-12(19)13-7-9-15(10-8-13)23(21,22)17-11-16(20)18-14-5-3-2-4-6-14/h2-10,17H,11H2,1H3,(H,18,20). The van der Waals surface area contributed by atoms with Crippen molar-refractivity contribution in [2.24, 2.45) is 0 Å². The molecule has 0 aliphatic carbocycles. The molecule has 0 atom stereocenters. The van der Waals surface area contributed by atoms with E-state index in [0.717, 1.165) is 0 Å². The Bertz CT molecular complexity index is 800. The fourth-order valence-electron chi connectivity index (χ4n) is 1.84. The van der Waals surface area contributed by atoms with Crippen molar-refractivity contribution >= 4 is 27.4 Å². The molecule has 0 saturated heterocycles. The first-order valence-corrected chi connectivity index (χ1v) is 8.32. The van der Waals surface area contributed by atoms with Crippen molar-refractivity contribution in [1.29, 1.82) is 0 Å². The third-order valence-electron chi connectivity index (χ3n) is 3.05. The molecule has 2 N–H and O–H groups in total. The van der Waals surface area contributed by atoms with Crippen molar-refractivity contribution < 1.29 is 18.0 Å². The molecule has 0 saturated carbocycles. The Hall–Kier alpha value is -2.51. The highest BCUT2D eigenvalue weighted by molar-refractivity contribution is 7.89. The SMILES string of the molecule is CC(=O)c1ccc(S(=O)(=O)NCC(=O)Nc2ccccc2)cc1. The van der Waals surface area contributed by atoms with Gasteiger partial charge in [0.15, 0.2) is 5.78 Å². The van der Waals surface area contributed by atoms with Crippen molar-refractivity contribution in [2.75, 3.05) is 11.9 Å². The Balaban J connectivity index is 1.98. The van der Waals surface area contributed by atoms with Crippen molar-refractivity contribution in [1.82, 2.24) is 4.72 Å². The Morgan fingerprint density at radius 3 is 2.13 bits per heavy atom. The Morgan fingerprint density at radius 2 is 1.57 bits per heavy atom. The van der Waals surface area contributed by atoms with Crippen LogP contribution >= 0.6 is 0 Å². The number of benzene rings is 2. The van der Waals surface area contributed by atoms with Crippen molar-refractivity contribution in [3.63, 3.8) is 0 Å². The summed E-state index contributed by atoms with van der Waals surface area (Å²) in [5, 5.41) is 2.58. The molecule has 6 nitrogen and oxygen atoms in total. The average molecular weight is 332 g/mol. The average Bonchev–Trinajstić information content (AvgIpc) is 2.54. The molecule has 120 valence electrons. The van der Waals surface area contributed by atoms with Gasteiger partial charge in [-0.1, -0.05) is 30.3 Å². The van der Waals surface area contributed by atoms with E-state index < -0.39 is 15.9 Å². The maximum Gasteiger partial charge on any atom is 0.241 e. The number of para-hydroxylation sites is 1. The van der Waals surface area contributed by atoms with Crippen LogP contribution in [0.2, 0.25) is 0 Å². The van der Waals surface area contributed by atoms with Crippen LogP contribution in [0.1, 0.15) is 17.3 Å². The normalized spacial score (nSPS) is 11.0. The number of anilines is 1. The quantitative estimate of drug-likeness (QED) is 0.789. The number of carbonyl (C=O) groups excluding carboxylic acids is 2. The molecule has 0 fully saturated rings. The van der Waals surface area contributed by atoms with Crippen LogP contribution in [-0.2, 0) is 14.8 Å². The second-order valence-electron chi connectivity index (χ2n) is 4.82. The van der Waals surface area contributed by atoms with Crippen molar-refractivity contribution in [2.45, 2.75) is 11.8 Å². The van der Waals surface area contributed by atoms with Gasteiger partial charge >= 0.3 is 0 Å². The Kier molecular flexibility index (Phi) is 5.25. The molecule has 1 amide bonds. The van der Waals surface area contributed by atoms with E-state index in [9.17, 15) is 18.0 Å². The fraction of sp³-hybridized carbons (Fsp3) is 0.125. The number of ketones is 1. The highest BCUT2D eigenvalue weighted by atomic mass is 32.2. The fourth-order valence-corrected chi connectivity index (χ4v) is 2.82. The minimum absolute atomic E-state index is 0.00462. The summed E-state index contributed by atoms with van der Waals surface area (Å²) in [7, 11) is -3.81. The van der Waals surface area contributed by atoms with Crippen LogP contribution in [-0.4, -0.2) is 26.7 Å². The molecule has 7 heteroatoms. The zero-order valence-corrected chi connectivity index (χ0v) is 13.3. The zero-order chi connectivity index (χ0) is 16.9. The number of sulfonamides is 1. The molecular weight excluding hydrogens is 316 g/mol. The van der Waals surface area contributed by atoms with Gasteiger partial charge in [-0.15, -0.1) is 0 Å². The first-order valence-electron chi connectivity index (χ1n) is 6.84. The highest BCUT2D eigenvalue weighted by Gasteiger charge is 2.15. The van der Waals surface area contributed by atoms with Crippen molar-refractivity contribution in [3.05, 3.63) is 60.2 Å². The highest BCUT2D eigenvalue weighted by Crippen LogP contribution is 2.11. The number of hydrogen-bond donors (Lipinski definition) is 2. The Morgan fingerprint density at radius 1 is 0.957 bits per heavy atom. The summed E-state index contributed by atoms with van der Waals surface area (Å²) in [4.78, 5) is 22.9. The van der Waals surface area contributed by atoms with E-state index in [-0.39, 0.29) is 17.2 Å². The number of hydrogen-bond acceptors (Lipinski definition) is 4. The van der Waals surface area contributed by atoms with E-state index in [1.165, 1.54) is 31.2 Å². The predicted molar refractivity (Wildman–Crippen MR) is 86.7 cm³/mol. The van der Waals surface area contributed by atoms with E-state index >= 15 is 0 Å². The molecule has 0 aliphatic rings. The second-order valence-corrected chi connectivity index (χ2v) is 6.59. The minimum atomic E-state index is -3.81. The Labute approximate surface area is 134 Å². The van der Waals surface area contributed by atoms with Gasteiger partial charge in [-0.25, -0.2) is 13.1 Å². The summed E-state index contributed by atoms with van der Waals surface area (Å²) in [5.41, 5.74) is 1.01. The molecule has 0 spiro atoms. The van der Waals surface area contributed by atoms with E-state index in [2.05, 4.69) is 10.0 Å². The molecule has 0 aromatic heterocycles. The van der Waals surface area contributed by atoms with Gasteiger partial charge in [0, 0.05) is 11.3 Å². The summed E-state index contributed by atoms with van der Waals surface area (Å²) < 4.78 is 26.4. The number of Topliss-reactive ketones (excluding diaryl/α,β-unsaturated/α-hetero) is 1. The lowest BCUT2D eigenvalue weighted by Crippen LogP contribution is -2.32. The molecule has 0 aliphatic heterocycles. The van der Waals surface area contributed by atoms with Crippen molar-refractivity contribution in [3.8, 4) is 0 Å². The van der Waals surface area contributed by atoms with Gasteiger partial charge in [0.2, 0.25) is 15.9 Å². The van der Waals surface area contributed by atoms with Crippen LogP contribution < -0.4 is 10.0 Å². The predicted octanol–water partition coefficient (Wildman–Crippen LogP) is 1.81. The molecular formula is C16H16N2O4S. The molecule has 0 unspecified atom stereocenters. The monoisotopic (exact) mass is 332 g/mol. The summed E-state index contributed by atoms with van der Waals surface area (Å²) in [6, 6.07) is 14.2. The van der Waals surface area contributed by atoms with E-state index in [1.54, 1.807) is 24.3 Å². The maximum absolute atomic E-state index is 12.1. The number of amides is 1. The van der Waals surface area contributed by atoms with Crippen LogP contribution in [0.3, 0.4) is 0 Å². The van der Waals surface area contributed by atoms with Gasteiger partial charge < -0.3 is 5.32 Å². The molecule has 23 heavy (non-hydrogen) atoms. The van der Waals surface area contributed by atoms with Crippen LogP contribution in [0.25, 0.3) is 0 Å². The third-order valence-corrected chi connectivity index (χ3v) is 4.47. The molecule has 0 radical (unpaired) electrons. The summed E-state index contributed by atoms with van der Waals surface area (Å²) in [6.07, 6.45) is 0. The number of carbonyl (C=O) groups is 2. The smallest absolute Gasteiger partial charge is 0.241 e. The molecule has 2 aromatic rings. The van der Waals surface area contributed by atoms with Crippen LogP contribution in [0.5, 0.6) is 0 Å². The molecule has 0 heterocycles. The lowest BCUT2D eigenvalue weighted by molar-refractivity contribution is -0.115. The number of nitrogens with one attached hydrogen (secondary N) is 2. The van der Waals surface area contributed by atoms with Gasteiger partial charge in [0.1, 0.15) is 0 Å². The zero-order valence-electron chi connectivity index (χ0n) is 12.4. The molecule has 0 bridgehead atoms. The summed E-state index contributed by atoms with van der Waals surface area (Å²) in [5.74, 6) is -0.621. The van der Waals surface area contributed by atoms with Gasteiger partial charge in [-0.05, 0) is 31.2 Å².